The molecular weight excluding hydrogens is 334 g/mol. The topological polar surface area (TPSA) is 46.6 Å². The van der Waals surface area contributed by atoms with Gasteiger partial charge in [-0.3, -0.25) is 9.59 Å². The van der Waals surface area contributed by atoms with Crippen molar-refractivity contribution < 1.29 is 14.3 Å². The molecule has 3 aliphatic heterocycles. The van der Waals surface area contributed by atoms with Gasteiger partial charge < -0.3 is 4.74 Å². The van der Waals surface area contributed by atoms with E-state index in [1.54, 1.807) is 12.1 Å². The highest BCUT2D eigenvalue weighted by Gasteiger charge is 2.70. The van der Waals surface area contributed by atoms with E-state index in [1.165, 1.54) is 4.90 Å². The standard InChI is InChI=1S/C16H14BrNO3/c1-15-7-8-16(2,21-15)12-11(15)13(19)18(14(12)20)10-5-3-9(17)4-6-10/h3-8,11-12H,1-2H3/t11-,12-,15+,16+/m1/s1. The number of hydrogen-bond acceptors (Lipinski definition) is 3. The van der Waals surface area contributed by atoms with Gasteiger partial charge >= 0.3 is 0 Å². The second kappa shape index (κ2) is 3.84. The predicted octanol–water partition coefficient (Wildman–Crippen LogP) is 2.67. The Labute approximate surface area is 130 Å². The molecule has 0 N–H and O–H groups in total. The SMILES string of the molecule is C[C@@]12C=C[C@](C)(O1)[C@H]1C(=O)N(c3ccc(Br)cc3)C(=O)[C@@H]12. The van der Waals surface area contributed by atoms with E-state index in [0.29, 0.717) is 5.69 Å². The number of rotatable bonds is 1. The molecule has 4 rings (SSSR count). The summed E-state index contributed by atoms with van der Waals surface area (Å²) < 4.78 is 6.88. The van der Waals surface area contributed by atoms with Crippen LogP contribution < -0.4 is 4.90 Å². The van der Waals surface area contributed by atoms with Crippen molar-refractivity contribution in [1.82, 2.24) is 0 Å². The van der Waals surface area contributed by atoms with Crippen molar-refractivity contribution in [3.63, 3.8) is 0 Å². The van der Waals surface area contributed by atoms with Crippen LogP contribution in [0.25, 0.3) is 0 Å². The molecule has 3 aliphatic rings. The average Bonchev–Trinajstić information content (AvgIpc) is 2.97. The van der Waals surface area contributed by atoms with Crippen molar-refractivity contribution in [1.29, 1.82) is 0 Å². The average molecular weight is 348 g/mol. The van der Waals surface area contributed by atoms with Gasteiger partial charge in [-0.1, -0.05) is 28.1 Å². The quantitative estimate of drug-likeness (QED) is 0.579. The van der Waals surface area contributed by atoms with Crippen molar-refractivity contribution in [3.8, 4) is 0 Å². The van der Waals surface area contributed by atoms with Crippen LogP contribution >= 0.6 is 15.9 Å². The van der Waals surface area contributed by atoms with Gasteiger partial charge in [0.2, 0.25) is 11.8 Å². The van der Waals surface area contributed by atoms with E-state index in [0.717, 1.165) is 4.47 Å². The number of nitrogens with zero attached hydrogens (tertiary/aromatic N) is 1. The first kappa shape index (κ1) is 13.2. The van der Waals surface area contributed by atoms with Crippen molar-refractivity contribution >= 4 is 33.4 Å². The van der Waals surface area contributed by atoms with Gasteiger partial charge in [0.25, 0.3) is 0 Å². The summed E-state index contributed by atoms with van der Waals surface area (Å²) in [6.45, 7) is 3.77. The van der Waals surface area contributed by atoms with E-state index >= 15 is 0 Å². The van der Waals surface area contributed by atoms with Gasteiger partial charge in [-0.15, -0.1) is 0 Å². The molecule has 21 heavy (non-hydrogen) atoms. The van der Waals surface area contributed by atoms with Gasteiger partial charge in [0.1, 0.15) is 0 Å². The second-order valence-corrected chi connectivity index (χ2v) is 7.16. The summed E-state index contributed by atoms with van der Waals surface area (Å²) >= 11 is 3.36. The fourth-order valence-electron chi connectivity index (χ4n) is 3.88. The van der Waals surface area contributed by atoms with Gasteiger partial charge in [-0.05, 0) is 38.1 Å². The molecule has 0 aromatic heterocycles. The molecule has 4 nitrogen and oxygen atoms in total. The summed E-state index contributed by atoms with van der Waals surface area (Å²) in [7, 11) is 0. The van der Waals surface area contributed by atoms with Gasteiger partial charge in [0.05, 0.1) is 28.7 Å². The predicted molar refractivity (Wildman–Crippen MR) is 80.7 cm³/mol. The number of carbonyl (C=O) groups excluding carboxylic acids is 2. The molecule has 0 unspecified atom stereocenters. The van der Waals surface area contributed by atoms with Gasteiger partial charge in [0, 0.05) is 4.47 Å². The van der Waals surface area contributed by atoms with Crippen LogP contribution in [-0.4, -0.2) is 23.0 Å². The molecule has 5 heteroatoms. The van der Waals surface area contributed by atoms with Crippen LogP contribution in [0.15, 0.2) is 40.9 Å². The molecule has 0 aliphatic carbocycles. The molecule has 0 saturated carbocycles. The van der Waals surface area contributed by atoms with E-state index in [4.69, 9.17) is 4.74 Å². The minimum Gasteiger partial charge on any atom is -0.359 e. The van der Waals surface area contributed by atoms with Gasteiger partial charge in [0.15, 0.2) is 0 Å². The molecule has 108 valence electrons. The Hall–Kier alpha value is -1.46. The lowest BCUT2D eigenvalue weighted by Gasteiger charge is -2.25. The van der Waals surface area contributed by atoms with Crippen molar-refractivity contribution in [2.24, 2.45) is 11.8 Å². The third-order valence-electron chi connectivity index (χ3n) is 4.81. The molecular formula is C16H14BrNO3. The number of hydrogen-bond donors (Lipinski definition) is 0. The monoisotopic (exact) mass is 347 g/mol. The molecule has 0 radical (unpaired) electrons. The fourth-order valence-corrected chi connectivity index (χ4v) is 4.14. The number of fused-ring (bicyclic) bond motifs is 5. The third-order valence-corrected chi connectivity index (χ3v) is 5.34. The Bertz CT molecular complexity index is 662. The second-order valence-electron chi connectivity index (χ2n) is 6.25. The molecule has 2 saturated heterocycles. The number of imide groups is 1. The fraction of sp³-hybridized carbons (Fsp3) is 0.375. The summed E-state index contributed by atoms with van der Waals surface area (Å²) in [6, 6.07) is 7.22. The molecule has 1 aromatic rings. The maximum Gasteiger partial charge on any atom is 0.241 e. The number of anilines is 1. The normalized spacial score (nSPS) is 40.2. The first-order chi connectivity index (χ1) is 9.86. The van der Waals surface area contributed by atoms with Gasteiger partial charge in [-0.25, -0.2) is 4.90 Å². The smallest absolute Gasteiger partial charge is 0.241 e. The van der Waals surface area contributed by atoms with Crippen molar-refractivity contribution in [3.05, 3.63) is 40.9 Å². The number of amides is 2. The summed E-state index contributed by atoms with van der Waals surface area (Å²) in [6.07, 6.45) is 3.84. The molecule has 2 amide bonds. The molecule has 2 fully saturated rings. The summed E-state index contributed by atoms with van der Waals surface area (Å²) in [5.74, 6) is -1.18. The molecule has 3 heterocycles. The first-order valence-electron chi connectivity index (χ1n) is 6.90. The molecule has 2 bridgehead atoms. The third kappa shape index (κ3) is 1.53. The molecule has 0 spiro atoms. The molecule has 4 atom stereocenters. The Morgan fingerprint density at radius 2 is 1.48 bits per heavy atom. The highest BCUT2D eigenvalue weighted by atomic mass is 79.9. The highest BCUT2D eigenvalue weighted by Crippen LogP contribution is 2.57. The van der Waals surface area contributed by atoms with Crippen LogP contribution in [0.2, 0.25) is 0 Å². The lowest BCUT2D eigenvalue weighted by atomic mass is 9.73. The number of benzene rings is 1. The largest absolute Gasteiger partial charge is 0.359 e. The Balaban J connectivity index is 1.80. The zero-order chi connectivity index (χ0) is 15.0. The van der Waals surface area contributed by atoms with E-state index in [1.807, 2.05) is 38.1 Å². The van der Waals surface area contributed by atoms with E-state index in [-0.39, 0.29) is 11.8 Å². The van der Waals surface area contributed by atoms with Crippen molar-refractivity contribution in [2.75, 3.05) is 4.90 Å². The maximum absolute atomic E-state index is 12.8. The van der Waals surface area contributed by atoms with Crippen LogP contribution in [0.5, 0.6) is 0 Å². The van der Waals surface area contributed by atoms with Crippen LogP contribution in [0, 0.1) is 11.8 Å². The first-order valence-corrected chi connectivity index (χ1v) is 7.69. The van der Waals surface area contributed by atoms with Crippen LogP contribution in [0.3, 0.4) is 0 Å². The van der Waals surface area contributed by atoms with E-state index < -0.39 is 23.0 Å². The van der Waals surface area contributed by atoms with Crippen LogP contribution in [-0.2, 0) is 14.3 Å². The van der Waals surface area contributed by atoms with E-state index in [2.05, 4.69) is 15.9 Å². The van der Waals surface area contributed by atoms with Crippen molar-refractivity contribution in [2.45, 2.75) is 25.0 Å². The Morgan fingerprint density at radius 1 is 1.00 bits per heavy atom. The van der Waals surface area contributed by atoms with Crippen LogP contribution in [0.1, 0.15) is 13.8 Å². The zero-order valence-corrected chi connectivity index (χ0v) is 13.3. The number of ether oxygens (including phenoxy) is 1. The summed E-state index contributed by atoms with van der Waals surface area (Å²) in [5.41, 5.74) is -0.721. The Kier molecular flexibility index (Phi) is 2.42. The Morgan fingerprint density at radius 3 is 1.95 bits per heavy atom. The highest BCUT2D eigenvalue weighted by molar-refractivity contribution is 9.10. The minimum atomic E-state index is -0.670. The lowest BCUT2D eigenvalue weighted by molar-refractivity contribution is -0.128. The summed E-state index contributed by atoms with van der Waals surface area (Å²) in [4.78, 5) is 26.9. The van der Waals surface area contributed by atoms with Gasteiger partial charge in [-0.2, -0.15) is 0 Å². The zero-order valence-electron chi connectivity index (χ0n) is 11.7. The van der Waals surface area contributed by atoms with E-state index in [9.17, 15) is 9.59 Å². The summed E-state index contributed by atoms with van der Waals surface area (Å²) in [5, 5.41) is 0. The minimum absolute atomic E-state index is 0.164. The van der Waals surface area contributed by atoms with Crippen LogP contribution in [0.4, 0.5) is 5.69 Å². The lowest BCUT2D eigenvalue weighted by Crippen LogP contribution is -2.39. The molecule has 1 aromatic carbocycles. The number of halogens is 1. The maximum atomic E-state index is 12.8. The number of carbonyl (C=O) groups is 2.